The molecule has 0 bridgehead atoms. The summed E-state index contributed by atoms with van der Waals surface area (Å²) in [5.74, 6) is 1.37. The first-order valence-electron chi connectivity index (χ1n) is 14.1. The van der Waals surface area contributed by atoms with Gasteiger partial charge in [0.2, 0.25) is 0 Å². The second-order valence-corrected chi connectivity index (χ2v) is 11.2. The Hall–Kier alpha value is -3.22. The minimum atomic E-state index is 0.149. The number of hydrogen-bond acceptors (Lipinski definition) is 8. The van der Waals surface area contributed by atoms with Gasteiger partial charge in [0.05, 0.1) is 29.9 Å². The summed E-state index contributed by atoms with van der Waals surface area (Å²) in [4.78, 5) is 14.8. The highest BCUT2D eigenvalue weighted by Crippen LogP contribution is 2.39. The number of hydrogen-bond donors (Lipinski definition) is 2. The highest BCUT2D eigenvalue weighted by Gasteiger charge is 2.30. The lowest BCUT2D eigenvalue weighted by molar-refractivity contribution is 0.187. The summed E-state index contributed by atoms with van der Waals surface area (Å²) in [5, 5.41) is 21.5. The summed E-state index contributed by atoms with van der Waals surface area (Å²) in [6.07, 6.45) is 8.84. The van der Waals surface area contributed by atoms with Crippen LogP contribution in [0, 0.1) is 18.3 Å². The lowest BCUT2D eigenvalue weighted by Crippen LogP contribution is -2.51. The van der Waals surface area contributed by atoms with Crippen molar-refractivity contribution in [1.29, 1.82) is 5.26 Å². The predicted octanol–water partition coefficient (Wildman–Crippen LogP) is 3.49. The van der Waals surface area contributed by atoms with E-state index in [0.29, 0.717) is 31.0 Å². The third kappa shape index (κ3) is 4.95. The number of anilines is 1. The SMILES string of the molecule is Cc1ccc2[nH]ncc2c1C1CCCc2c(nc(OC[C@@H]3CCCN3C)nc2N2CCN[C@@H](CC#N)C2)C1. The van der Waals surface area contributed by atoms with E-state index in [1.165, 1.54) is 28.5 Å². The number of nitrogens with one attached hydrogen (secondary N) is 2. The molecule has 3 aromatic rings. The molecule has 2 saturated heterocycles. The van der Waals surface area contributed by atoms with Gasteiger partial charge in [0, 0.05) is 42.7 Å². The number of benzene rings is 1. The molecule has 200 valence electrons. The predicted molar refractivity (Wildman–Crippen MR) is 148 cm³/mol. The number of aromatic amines is 1. The van der Waals surface area contributed by atoms with Crippen LogP contribution < -0.4 is 15.0 Å². The number of fused-ring (bicyclic) bond motifs is 2. The van der Waals surface area contributed by atoms with Gasteiger partial charge in [-0.1, -0.05) is 6.07 Å². The Labute approximate surface area is 224 Å². The average molecular weight is 515 g/mol. The molecule has 0 amide bonds. The van der Waals surface area contributed by atoms with Crippen LogP contribution in [0.25, 0.3) is 10.9 Å². The van der Waals surface area contributed by atoms with E-state index in [-0.39, 0.29) is 6.04 Å². The van der Waals surface area contributed by atoms with Crippen LogP contribution in [-0.4, -0.2) is 77.0 Å². The summed E-state index contributed by atoms with van der Waals surface area (Å²) < 4.78 is 6.32. The van der Waals surface area contributed by atoms with Crippen LogP contribution in [0.2, 0.25) is 0 Å². The molecule has 9 nitrogen and oxygen atoms in total. The fraction of sp³-hybridized carbons (Fsp3) is 0.586. The van der Waals surface area contributed by atoms with Crippen LogP contribution in [0.5, 0.6) is 6.01 Å². The molecule has 0 spiro atoms. The third-order valence-electron chi connectivity index (χ3n) is 8.73. The summed E-state index contributed by atoms with van der Waals surface area (Å²) in [6, 6.07) is 7.71. The van der Waals surface area contributed by atoms with Gasteiger partial charge in [-0.2, -0.15) is 20.3 Å². The molecule has 1 aliphatic carbocycles. The van der Waals surface area contributed by atoms with Crippen molar-refractivity contribution in [2.75, 3.05) is 44.7 Å². The van der Waals surface area contributed by atoms with Crippen LogP contribution in [0.4, 0.5) is 5.82 Å². The highest BCUT2D eigenvalue weighted by atomic mass is 16.5. The second-order valence-electron chi connectivity index (χ2n) is 11.2. The largest absolute Gasteiger partial charge is 0.462 e. The normalized spacial score (nSPS) is 24.2. The molecule has 2 N–H and O–H groups in total. The molecule has 3 atom stereocenters. The van der Waals surface area contributed by atoms with Crippen LogP contribution in [-0.2, 0) is 12.8 Å². The van der Waals surface area contributed by atoms with E-state index in [1.807, 2.05) is 6.20 Å². The maximum Gasteiger partial charge on any atom is 0.318 e. The summed E-state index contributed by atoms with van der Waals surface area (Å²) in [6.45, 7) is 6.43. The molecule has 9 heteroatoms. The van der Waals surface area contributed by atoms with Crippen molar-refractivity contribution in [2.45, 2.75) is 69.9 Å². The molecule has 6 rings (SSSR count). The number of H-pyrrole nitrogens is 1. The first-order valence-corrected chi connectivity index (χ1v) is 14.1. The van der Waals surface area contributed by atoms with Crippen LogP contribution >= 0.6 is 0 Å². The number of rotatable bonds is 6. The maximum atomic E-state index is 9.30. The molecular weight excluding hydrogens is 476 g/mol. The summed E-state index contributed by atoms with van der Waals surface area (Å²) in [7, 11) is 2.17. The van der Waals surface area contributed by atoms with Crippen LogP contribution in [0.3, 0.4) is 0 Å². The molecule has 2 aliphatic heterocycles. The van der Waals surface area contributed by atoms with Gasteiger partial charge in [-0.25, -0.2) is 0 Å². The molecule has 1 aromatic carbocycles. The van der Waals surface area contributed by atoms with Crippen molar-refractivity contribution in [3.05, 3.63) is 40.7 Å². The first kappa shape index (κ1) is 25.1. The number of aromatic nitrogens is 4. The number of nitrogens with zero attached hydrogens (tertiary/aromatic N) is 6. The topological polar surface area (TPSA) is 106 Å². The smallest absolute Gasteiger partial charge is 0.318 e. The number of likely N-dealkylation sites (N-methyl/N-ethyl adjacent to an activating group) is 1. The van der Waals surface area contributed by atoms with Gasteiger partial charge in [0.15, 0.2) is 0 Å². The van der Waals surface area contributed by atoms with E-state index in [4.69, 9.17) is 14.7 Å². The lowest BCUT2D eigenvalue weighted by Gasteiger charge is -2.35. The van der Waals surface area contributed by atoms with E-state index in [1.54, 1.807) is 0 Å². The zero-order valence-electron chi connectivity index (χ0n) is 22.5. The molecule has 4 heterocycles. The monoisotopic (exact) mass is 514 g/mol. The molecule has 3 aliphatic rings. The molecule has 0 saturated carbocycles. The summed E-state index contributed by atoms with van der Waals surface area (Å²) >= 11 is 0. The Kier molecular flexibility index (Phi) is 7.18. The standard InChI is InChI=1S/C29H38N8O/c1-19-8-9-25-24(16-32-35-25)27(19)20-5-3-7-23-26(15-20)33-29(38-18-22-6-4-13-36(22)2)34-28(23)37-14-12-31-21(17-37)10-11-30/h8-9,16,20-22,31H,3-7,10,12-15,17-18H2,1-2H3,(H,32,35)/t20?,21-,22-/m0/s1. The Morgan fingerprint density at radius 1 is 1.18 bits per heavy atom. The van der Waals surface area contributed by atoms with Gasteiger partial charge in [-0.3, -0.25) is 5.10 Å². The lowest BCUT2D eigenvalue weighted by atomic mass is 9.86. The minimum Gasteiger partial charge on any atom is -0.462 e. The molecule has 0 radical (unpaired) electrons. The molecule has 1 unspecified atom stereocenters. The van der Waals surface area contributed by atoms with Crippen molar-refractivity contribution < 1.29 is 4.74 Å². The van der Waals surface area contributed by atoms with Crippen molar-refractivity contribution in [3.8, 4) is 12.1 Å². The van der Waals surface area contributed by atoms with E-state index >= 15 is 0 Å². The molecular formula is C29H38N8O. The number of ether oxygens (including phenoxy) is 1. The van der Waals surface area contributed by atoms with Crippen LogP contribution in [0.1, 0.15) is 60.4 Å². The Bertz CT molecular complexity index is 1330. The van der Waals surface area contributed by atoms with E-state index in [0.717, 1.165) is 75.3 Å². The Balaban J connectivity index is 1.36. The minimum absolute atomic E-state index is 0.149. The molecule has 2 aromatic heterocycles. The van der Waals surface area contributed by atoms with Gasteiger partial charge in [-0.05, 0) is 82.2 Å². The van der Waals surface area contributed by atoms with E-state index in [2.05, 4.69) is 57.5 Å². The number of nitriles is 1. The zero-order valence-corrected chi connectivity index (χ0v) is 22.5. The average Bonchev–Trinajstić information content (AvgIpc) is 3.50. The van der Waals surface area contributed by atoms with Crippen molar-refractivity contribution >= 4 is 16.7 Å². The van der Waals surface area contributed by atoms with Gasteiger partial charge in [0.1, 0.15) is 12.4 Å². The van der Waals surface area contributed by atoms with Crippen LogP contribution in [0.15, 0.2) is 18.3 Å². The number of piperazine rings is 1. The maximum absolute atomic E-state index is 9.30. The zero-order chi connectivity index (χ0) is 26.1. The van der Waals surface area contributed by atoms with E-state index in [9.17, 15) is 5.26 Å². The molecule has 2 fully saturated rings. The Morgan fingerprint density at radius 2 is 2.11 bits per heavy atom. The Morgan fingerprint density at radius 3 is 2.95 bits per heavy atom. The van der Waals surface area contributed by atoms with Gasteiger partial charge >= 0.3 is 6.01 Å². The highest BCUT2D eigenvalue weighted by molar-refractivity contribution is 5.83. The number of likely N-dealkylation sites (tertiary alicyclic amines) is 1. The third-order valence-corrected chi connectivity index (χ3v) is 8.73. The molecule has 38 heavy (non-hydrogen) atoms. The quantitative estimate of drug-likeness (QED) is 0.482. The van der Waals surface area contributed by atoms with Crippen molar-refractivity contribution in [2.24, 2.45) is 0 Å². The summed E-state index contributed by atoms with van der Waals surface area (Å²) in [5.41, 5.74) is 6.15. The van der Waals surface area contributed by atoms with Gasteiger partial charge < -0.3 is 19.9 Å². The van der Waals surface area contributed by atoms with Crippen molar-refractivity contribution in [1.82, 2.24) is 30.4 Å². The first-order chi connectivity index (χ1) is 18.6. The fourth-order valence-corrected chi connectivity index (χ4v) is 6.67. The second kappa shape index (κ2) is 10.9. The fourth-order valence-electron chi connectivity index (χ4n) is 6.67. The van der Waals surface area contributed by atoms with Crippen molar-refractivity contribution in [3.63, 3.8) is 0 Å². The van der Waals surface area contributed by atoms with E-state index < -0.39 is 0 Å². The van der Waals surface area contributed by atoms with Gasteiger partial charge in [-0.15, -0.1) is 0 Å². The number of aryl methyl sites for hydroxylation is 1. The van der Waals surface area contributed by atoms with Gasteiger partial charge in [0.25, 0.3) is 0 Å².